The molecular formula is C13H16O2. The molecule has 0 aliphatic carbocycles. The highest BCUT2D eigenvalue weighted by Crippen LogP contribution is 2.25. The number of hydrogen-bond acceptors (Lipinski definition) is 2. The Morgan fingerprint density at radius 3 is 2.47 bits per heavy atom. The van der Waals surface area contributed by atoms with Crippen LogP contribution in [0.15, 0.2) is 42.5 Å². The van der Waals surface area contributed by atoms with Crippen LogP contribution in [0.1, 0.15) is 18.9 Å². The van der Waals surface area contributed by atoms with Crippen LogP contribution in [0.3, 0.4) is 0 Å². The van der Waals surface area contributed by atoms with Crippen molar-refractivity contribution in [2.75, 3.05) is 6.61 Å². The number of aliphatic hydroxyl groups excluding tert-OH is 1. The molecule has 0 saturated carbocycles. The predicted molar refractivity (Wildman–Crippen MR) is 60.7 cm³/mol. The molecule has 0 aliphatic heterocycles. The second-order valence-electron chi connectivity index (χ2n) is 3.76. The minimum atomic E-state index is -0.493. The van der Waals surface area contributed by atoms with E-state index in [4.69, 9.17) is 5.11 Å². The van der Waals surface area contributed by atoms with E-state index >= 15 is 0 Å². The van der Waals surface area contributed by atoms with Gasteiger partial charge in [0.25, 0.3) is 0 Å². The molecule has 1 aromatic carbocycles. The third kappa shape index (κ3) is 3.03. The van der Waals surface area contributed by atoms with Crippen molar-refractivity contribution in [3.05, 3.63) is 48.0 Å². The van der Waals surface area contributed by atoms with Gasteiger partial charge in [-0.2, -0.15) is 0 Å². The van der Waals surface area contributed by atoms with Gasteiger partial charge in [0.2, 0.25) is 0 Å². The topological polar surface area (TPSA) is 37.3 Å². The van der Waals surface area contributed by atoms with Gasteiger partial charge in [0, 0.05) is 0 Å². The molecule has 0 amide bonds. The summed E-state index contributed by atoms with van der Waals surface area (Å²) >= 11 is 0. The van der Waals surface area contributed by atoms with Crippen LogP contribution < -0.4 is 0 Å². The first-order valence-corrected chi connectivity index (χ1v) is 5.00. The molecule has 0 radical (unpaired) electrons. The number of rotatable bonds is 5. The van der Waals surface area contributed by atoms with Crippen LogP contribution in [-0.4, -0.2) is 18.0 Å². The minimum absolute atomic E-state index is 0.0176. The molecule has 80 valence electrons. The molecule has 2 heteroatoms. The van der Waals surface area contributed by atoms with Gasteiger partial charge in [-0.25, -0.2) is 0 Å². The van der Waals surface area contributed by atoms with Crippen molar-refractivity contribution in [2.45, 2.75) is 18.8 Å². The van der Waals surface area contributed by atoms with Gasteiger partial charge < -0.3 is 9.90 Å². The highest BCUT2D eigenvalue weighted by atomic mass is 16.2. The first kappa shape index (κ1) is 11.7. The van der Waals surface area contributed by atoms with Gasteiger partial charge in [-0.15, -0.1) is 0 Å². The predicted octanol–water partition coefficient (Wildman–Crippen LogP) is 2.08. The molecule has 0 aliphatic rings. The van der Waals surface area contributed by atoms with Gasteiger partial charge >= 0.3 is 0 Å². The van der Waals surface area contributed by atoms with Crippen molar-refractivity contribution in [2.24, 2.45) is 0 Å². The van der Waals surface area contributed by atoms with Gasteiger partial charge in [0.1, 0.15) is 6.29 Å². The Labute approximate surface area is 90.3 Å². The van der Waals surface area contributed by atoms with Crippen LogP contribution in [0.25, 0.3) is 0 Å². The largest absolute Gasteiger partial charge is 0.392 e. The van der Waals surface area contributed by atoms with E-state index in [9.17, 15) is 4.79 Å². The highest BCUT2D eigenvalue weighted by Gasteiger charge is 2.23. The summed E-state index contributed by atoms with van der Waals surface area (Å²) in [6.45, 7) is 1.92. The lowest BCUT2D eigenvalue weighted by atomic mass is 9.81. The molecule has 0 saturated heterocycles. The van der Waals surface area contributed by atoms with E-state index < -0.39 is 5.41 Å². The Kier molecular flexibility index (Phi) is 4.25. The van der Waals surface area contributed by atoms with Gasteiger partial charge in [-0.1, -0.05) is 42.5 Å². The van der Waals surface area contributed by atoms with Gasteiger partial charge in [-0.05, 0) is 18.9 Å². The zero-order valence-electron chi connectivity index (χ0n) is 8.89. The average molecular weight is 204 g/mol. The third-order valence-corrected chi connectivity index (χ3v) is 2.51. The monoisotopic (exact) mass is 204 g/mol. The SMILES string of the molecule is CC(C=O)(C/C=C/CO)c1ccccc1. The van der Waals surface area contributed by atoms with Crippen molar-refractivity contribution in [3.8, 4) is 0 Å². The Hall–Kier alpha value is -1.41. The molecule has 1 aromatic rings. The fraction of sp³-hybridized carbons (Fsp3) is 0.308. The highest BCUT2D eigenvalue weighted by molar-refractivity contribution is 5.68. The number of aliphatic hydroxyl groups is 1. The Bertz CT molecular complexity index is 330. The van der Waals surface area contributed by atoms with Crippen LogP contribution in [0.2, 0.25) is 0 Å². The zero-order chi connectivity index (χ0) is 11.1. The molecule has 1 rings (SSSR count). The molecule has 0 spiro atoms. The van der Waals surface area contributed by atoms with Crippen LogP contribution in [0.5, 0.6) is 0 Å². The molecular weight excluding hydrogens is 188 g/mol. The van der Waals surface area contributed by atoms with Crippen molar-refractivity contribution >= 4 is 6.29 Å². The molecule has 1 unspecified atom stereocenters. The molecule has 2 nitrogen and oxygen atoms in total. The zero-order valence-corrected chi connectivity index (χ0v) is 8.89. The number of carbonyl (C=O) groups excluding carboxylic acids is 1. The third-order valence-electron chi connectivity index (χ3n) is 2.51. The summed E-state index contributed by atoms with van der Waals surface area (Å²) < 4.78 is 0. The van der Waals surface area contributed by atoms with E-state index in [0.29, 0.717) is 6.42 Å². The lowest BCUT2D eigenvalue weighted by Gasteiger charge is -2.21. The fourth-order valence-electron chi connectivity index (χ4n) is 1.46. The summed E-state index contributed by atoms with van der Waals surface area (Å²) in [7, 11) is 0. The second kappa shape index (κ2) is 5.47. The standard InChI is InChI=1S/C13H16O2/c1-13(11-15,9-5-6-10-14)12-7-3-2-4-8-12/h2-8,11,14H,9-10H2,1H3/b6-5+. The number of aldehydes is 1. The van der Waals surface area contributed by atoms with Crippen LogP contribution in [0, 0.1) is 0 Å². The molecule has 1 N–H and O–H groups in total. The smallest absolute Gasteiger partial charge is 0.130 e. The maximum atomic E-state index is 11.1. The van der Waals surface area contributed by atoms with E-state index in [1.54, 1.807) is 6.08 Å². The summed E-state index contributed by atoms with van der Waals surface area (Å²) in [5.41, 5.74) is 0.509. The van der Waals surface area contributed by atoms with E-state index in [2.05, 4.69) is 0 Å². The molecule has 15 heavy (non-hydrogen) atoms. The second-order valence-corrected chi connectivity index (χ2v) is 3.76. The van der Waals surface area contributed by atoms with E-state index in [1.807, 2.05) is 43.3 Å². The summed E-state index contributed by atoms with van der Waals surface area (Å²) in [6, 6.07) is 9.67. The fourth-order valence-corrected chi connectivity index (χ4v) is 1.46. The Morgan fingerprint density at radius 1 is 1.27 bits per heavy atom. The van der Waals surface area contributed by atoms with Crippen molar-refractivity contribution < 1.29 is 9.90 Å². The summed E-state index contributed by atoms with van der Waals surface area (Å²) in [5, 5.41) is 8.63. The Morgan fingerprint density at radius 2 is 1.93 bits per heavy atom. The summed E-state index contributed by atoms with van der Waals surface area (Å²) in [5.74, 6) is 0. The average Bonchev–Trinajstić information content (AvgIpc) is 2.30. The summed E-state index contributed by atoms with van der Waals surface area (Å²) in [4.78, 5) is 11.1. The lowest BCUT2D eigenvalue weighted by Crippen LogP contribution is -2.22. The Balaban J connectivity index is 2.85. The van der Waals surface area contributed by atoms with E-state index in [-0.39, 0.29) is 6.61 Å². The quantitative estimate of drug-likeness (QED) is 0.589. The van der Waals surface area contributed by atoms with Crippen LogP contribution in [-0.2, 0) is 10.2 Å². The van der Waals surface area contributed by atoms with Crippen LogP contribution in [0.4, 0.5) is 0 Å². The first-order valence-electron chi connectivity index (χ1n) is 5.00. The molecule has 0 bridgehead atoms. The molecule has 0 heterocycles. The maximum Gasteiger partial charge on any atom is 0.130 e. The number of carbonyl (C=O) groups is 1. The van der Waals surface area contributed by atoms with Crippen molar-refractivity contribution in [1.29, 1.82) is 0 Å². The maximum absolute atomic E-state index is 11.1. The van der Waals surface area contributed by atoms with Gasteiger partial charge in [0.05, 0.1) is 12.0 Å². The summed E-state index contributed by atoms with van der Waals surface area (Å²) in [6.07, 6.45) is 5.07. The molecule has 0 aromatic heterocycles. The van der Waals surface area contributed by atoms with Crippen molar-refractivity contribution in [3.63, 3.8) is 0 Å². The van der Waals surface area contributed by atoms with E-state index in [0.717, 1.165) is 11.8 Å². The number of benzene rings is 1. The normalized spacial score (nSPS) is 15.1. The van der Waals surface area contributed by atoms with Gasteiger partial charge in [0.15, 0.2) is 0 Å². The molecule has 1 atom stereocenters. The van der Waals surface area contributed by atoms with Crippen LogP contribution >= 0.6 is 0 Å². The lowest BCUT2D eigenvalue weighted by molar-refractivity contribution is -0.112. The molecule has 0 fully saturated rings. The first-order chi connectivity index (χ1) is 7.23. The minimum Gasteiger partial charge on any atom is -0.392 e. The van der Waals surface area contributed by atoms with Crippen molar-refractivity contribution in [1.82, 2.24) is 0 Å². The number of hydrogen-bond donors (Lipinski definition) is 1. The van der Waals surface area contributed by atoms with Gasteiger partial charge in [-0.3, -0.25) is 0 Å². The number of allylic oxidation sites excluding steroid dienone is 1. The van der Waals surface area contributed by atoms with E-state index in [1.165, 1.54) is 0 Å².